The number of carbonyl (C=O) groups is 2. The number of furan rings is 1. The molecule has 32 heavy (non-hydrogen) atoms. The van der Waals surface area contributed by atoms with E-state index in [1.165, 1.54) is 36.4 Å². The van der Waals surface area contributed by atoms with Gasteiger partial charge in [0.05, 0.1) is 0 Å². The molecule has 2 aromatic carbocycles. The van der Waals surface area contributed by atoms with Gasteiger partial charge >= 0.3 is 12.2 Å². The number of nitrogens with one attached hydrogen (secondary N) is 2. The highest BCUT2D eigenvalue weighted by molar-refractivity contribution is 6.30. The number of hydrogen-bond donors (Lipinski definition) is 3. The zero-order chi connectivity index (χ0) is 23.1. The van der Waals surface area contributed by atoms with Crippen LogP contribution >= 0.6 is 11.6 Å². The van der Waals surface area contributed by atoms with Crippen molar-refractivity contribution in [2.45, 2.75) is 17.9 Å². The van der Waals surface area contributed by atoms with Crippen molar-refractivity contribution in [2.75, 3.05) is 0 Å². The van der Waals surface area contributed by atoms with Crippen LogP contribution in [0.4, 0.5) is 18.0 Å². The van der Waals surface area contributed by atoms with Gasteiger partial charge in [-0.15, -0.1) is 0 Å². The molecule has 0 unspecified atom stereocenters. The average Bonchev–Trinajstić information content (AvgIpc) is 3.23. The Morgan fingerprint density at radius 1 is 1.03 bits per heavy atom. The van der Waals surface area contributed by atoms with Gasteiger partial charge in [0.1, 0.15) is 23.5 Å². The highest BCUT2D eigenvalue weighted by Gasteiger charge is 2.60. The summed E-state index contributed by atoms with van der Waals surface area (Å²) >= 11 is 5.87. The number of halogens is 4. The number of Topliss-reactive ketones (excluding diaryl/α,β-unsaturated/α-hetero) is 1. The molecule has 0 radical (unpaired) electrons. The third kappa shape index (κ3) is 3.96. The second-order valence-electron chi connectivity index (χ2n) is 7.26. The van der Waals surface area contributed by atoms with Gasteiger partial charge in [-0.25, -0.2) is 4.79 Å². The molecule has 166 valence electrons. The lowest BCUT2D eigenvalue weighted by atomic mass is 9.77. The average molecular weight is 465 g/mol. The highest BCUT2D eigenvalue weighted by Crippen LogP contribution is 2.43. The topological polar surface area (TPSA) is 91.6 Å². The van der Waals surface area contributed by atoms with Gasteiger partial charge in [0.2, 0.25) is 5.78 Å². The Bertz CT molecular complexity index is 1150. The Kier molecular flexibility index (Phi) is 5.47. The van der Waals surface area contributed by atoms with Gasteiger partial charge in [0.15, 0.2) is 5.72 Å². The van der Waals surface area contributed by atoms with E-state index < -0.39 is 35.7 Å². The Labute approximate surface area is 185 Å². The summed E-state index contributed by atoms with van der Waals surface area (Å²) in [6.07, 6.45) is -5.28. The largest absolute Gasteiger partial charge is 0.459 e. The monoisotopic (exact) mass is 464 g/mol. The second kappa shape index (κ2) is 7.99. The maximum absolute atomic E-state index is 13.5. The standard InChI is InChI=1S/C22H16ClF3N2O4/c23-14-8-6-12(7-9-14)15-10-11-16(32-15)18-17(19(29)22(24,25)26)21(31,28-20(30)27-18)13-4-2-1-3-5-13/h1-11,17-18,31H,(H2,27,28,30)/t17-,18+,21+/m0/s1. The maximum atomic E-state index is 13.5. The van der Waals surface area contributed by atoms with Crippen LogP contribution in [0.3, 0.4) is 0 Å². The Hall–Kier alpha value is -3.30. The van der Waals surface area contributed by atoms with Crippen LogP contribution in [0.5, 0.6) is 0 Å². The highest BCUT2D eigenvalue weighted by atomic mass is 35.5. The van der Waals surface area contributed by atoms with Crippen LogP contribution in [-0.4, -0.2) is 23.1 Å². The number of ketones is 1. The minimum atomic E-state index is -5.28. The summed E-state index contributed by atoms with van der Waals surface area (Å²) in [6.45, 7) is 0. The van der Waals surface area contributed by atoms with Crippen LogP contribution in [-0.2, 0) is 10.5 Å². The summed E-state index contributed by atoms with van der Waals surface area (Å²) in [7, 11) is 0. The lowest BCUT2D eigenvalue weighted by Gasteiger charge is -2.44. The normalized spacial score (nSPS) is 23.3. The van der Waals surface area contributed by atoms with Crippen molar-refractivity contribution in [1.29, 1.82) is 0 Å². The zero-order valence-electron chi connectivity index (χ0n) is 16.2. The molecule has 4 rings (SSSR count). The van der Waals surface area contributed by atoms with Gasteiger partial charge in [-0.3, -0.25) is 4.79 Å². The summed E-state index contributed by atoms with van der Waals surface area (Å²) in [5.41, 5.74) is -2.13. The fourth-order valence-electron chi connectivity index (χ4n) is 3.74. The number of urea groups is 1. The van der Waals surface area contributed by atoms with Crippen LogP contribution in [0.2, 0.25) is 5.02 Å². The molecule has 1 aliphatic heterocycles. The fraction of sp³-hybridized carbons (Fsp3) is 0.182. The van der Waals surface area contributed by atoms with E-state index >= 15 is 0 Å². The van der Waals surface area contributed by atoms with E-state index in [1.807, 2.05) is 0 Å². The molecule has 1 aliphatic rings. The van der Waals surface area contributed by atoms with Crippen molar-refractivity contribution in [2.24, 2.45) is 5.92 Å². The molecule has 0 bridgehead atoms. The predicted octanol–water partition coefficient (Wildman–Crippen LogP) is 4.55. The Morgan fingerprint density at radius 3 is 2.31 bits per heavy atom. The molecule has 10 heteroatoms. The third-order valence-corrected chi connectivity index (χ3v) is 5.46. The summed E-state index contributed by atoms with van der Waals surface area (Å²) in [5.74, 6) is -4.22. The van der Waals surface area contributed by atoms with Gasteiger partial charge in [0, 0.05) is 16.1 Å². The van der Waals surface area contributed by atoms with Gasteiger partial charge in [0.25, 0.3) is 0 Å². The van der Waals surface area contributed by atoms with E-state index in [9.17, 15) is 27.9 Å². The third-order valence-electron chi connectivity index (χ3n) is 5.21. The molecule has 0 spiro atoms. The Morgan fingerprint density at radius 2 is 1.69 bits per heavy atom. The molecule has 2 amide bonds. The molecule has 0 aliphatic carbocycles. The molecule has 1 saturated heterocycles. The quantitative estimate of drug-likeness (QED) is 0.528. The summed E-state index contributed by atoms with van der Waals surface area (Å²) in [4.78, 5) is 24.8. The van der Waals surface area contributed by atoms with E-state index in [4.69, 9.17) is 16.0 Å². The van der Waals surface area contributed by atoms with Crippen molar-refractivity contribution < 1.29 is 32.3 Å². The van der Waals surface area contributed by atoms with Crippen molar-refractivity contribution in [1.82, 2.24) is 10.6 Å². The number of carbonyl (C=O) groups excluding carboxylic acids is 2. The number of alkyl halides is 3. The number of rotatable bonds is 4. The number of hydrogen-bond acceptors (Lipinski definition) is 4. The first kappa shape index (κ1) is 21.9. The molecule has 2 heterocycles. The lowest BCUT2D eigenvalue weighted by Crippen LogP contribution is -2.66. The summed E-state index contributed by atoms with van der Waals surface area (Å²) < 4.78 is 46.3. The van der Waals surface area contributed by atoms with Gasteiger partial charge in [-0.05, 0) is 36.4 Å². The fourth-order valence-corrected chi connectivity index (χ4v) is 3.86. The van der Waals surface area contributed by atoms with Crippen molar-refractivity contribution >= 4 is 23.4 Å². The van der Waals surface area contributed by atoms with Crippen molar-refractivity contribution in [3.63, 3.8) is 0 Å². The molecular formula is C22H16ClF3N2O4. The van der Waals surface area contributed by atoms with Crippen LogP contribution in [0.15, 0.2) is 71.1 Å². The van der Waals surface area contributed by atoms with E-state index in [-0.39, 0.29) is 17.1 Å². The molecular weight excluding hydrogens is 449 g/mol. The molecule has 3 atom stereocenters. The second-order valence-corrected chi connectivity index (χ2v) is 7.69. The van der Waals surface area contributed by atoms with Crippen molar-refractivity contribution in [3.05, 3.63) is 83.1 Å². The first-order chi connectivity index (χ1) is 15.1. The summed E-state index contributed by atoms with van der Waals surface area (Å²) in [6, 6.07) is 13.9. The molecule has 0 saturated carbocycles. The maximum Gasteiger partial charge on any atom is 0.450 e. The SMILES string of the molecule is O=C1N[C@H](c2ccc(-c3ccc(Cl)cc3)o2)[C@@H](C(=O)C(F)(F)F)[C@](O)(c2ccccc2)N1. The van der Waals surface area contributed by atoms with Gasteiger partial charge in [-0.2, -0.15) is 13.2 Å². The van der Waals surface area contributed by atoms with Gasteiger partial charge < -0.3 is 20.2 Å². The molecule has 3 aromatic rings. The first-order valence-electron chi connectivity index (χ1n) is 9.43. The van der Waals surface area contributed by atoms with Gasteiger partial charge in [-0.1, -0.05) is 41.9 Å². The smallest absolute Gasteiger partial charge is 0.450 e. The van der Waals surface area contributed by atoms with Crippen molar-refractivity contribution in [3.8, 4) is 11.3 Å². The minimum Gasteiger partial charge on any atom is -0.459 e. The summed E-state index contributed by atoms with van der Waals surface area (Å²) in [5, 5.41) is 16.1. The minimum absolute atomic E-state index is 0.0769. The number of aliphatic hydroxyl groups is 1. The van der Waals surface area contributed by atoms with E-state index in [0.717, 1.165) is 0 Å². The van der Waals surface area contributed by atoms with Crippen LogP contribution in [0.25, 0.3) is 11.3 Å². The molecule has 3 N–H and O–H groups in total. The van der Waals surface area contributed by atoms with Crippen LogP contribution < -0.4 is 10.6 Å². The zero-order valence-corrected chi connectivity index (χ0v) is 16.9. The first-order valence-corrected chi connectivity index (χ1v) is 9.80. The number of benzene rings is 2. The van der Waals surface area contributed by atoms with E-state index in [0.29, 0.717) is 10.6 Å². The van der Waals surface area contributed by atoms with Crippen LogP contribution in [0, 0.1) is 5.92 Å². The van der Waals surface area contributed by atoms with E-state index in [1.54, 1.807) is 30.3 Å². The lowest BCUT2D eigenvalue weighted by molar-refractivity contribution is -0.190. The number of amides is 2. The van der Waals surface area contributed by atoms with Crippen LogP contribution in [0.1, 0.15) is 17.4 Å². The van der Waals surface area contributed by atoms with E-state index in [2.05, 4.69) is 10.6 Å². The Balaban J connectivity index is 1.81. The molecule has 1 fully saturated rings. The molecule has 1 aromatic heterocycles. The molecule has 6 nitrogen and oxygen atoms in total. The predicted molar refractivity (Wildman–Crippen MR) is 108 cm³/mol.